The number of halogens is 1. The van der Waals surface area contributed by atoms with Crippen LogP contribution >= 0.6 is 0 Å². The number of hydrogen-bond acceptors (Lipinski definition) is 2. The highest BCUT2D eigenvalue weighted by Crippen LogP contribution is 2.16. The molecule has 14 heavy (non-hydrogen) atoms. The minimum absolute atomic E-state index is 0.176. The van der Waals surface area contributed by atoms with Gasteiger partial charge in [0.25, 0.3) is 0 Å². The predicted octanol–water partition coefficient (Wildman–Crippen LogP) is 1.71. The van der Waals surface area contributed by atoms with Gasteiger partial charge < -0.3 is 10.1 Å². The second kappa shape index (κ2) is 2.80. The maximum Gasteiger partial charge on any atom is 0.371 e. The summed E-state index contributed by atoms with van der Waals surface area (Å²) in [4.78, 5) is 16.9. The molecule has 0 aliphatic rings. The van der Waals surface area contributed by atoms with Gasteiger partial charge in [0.05, 0.1) is 11.0 Å². The van der Waals surface area contributed by atoms with Crippen LogP contribution in [-0.2, 0) is 0 Å². The molecule has 1 aromatic heterocycles. The first-order valence-electron chi connectivity index (χ1n) is 3.97. The lowest BCUT2D eigenvalue weighted by atomic mass is 10.2. The Hall–Kier alpha value is -1.91. The Balaban J connectivity index is 2.72. The molecule has 0 aliphatic heterocycles. The highest BCUT2D eigenvalue weighted by Gasteiger charge is 2.10. The number of nitrogens with one attached hydrogen (secondary N) is 1. The molecule has 0 fully saturated rings. The van der Waals surface area contributed by atoms with Crippen LogP contribution in [0.5, 0.6) is 0 Å². The van der Waals surface area contributed by atoms with Gasteiger partial charge in [0.2, 0.25) is 5.82 Å². The quantitative estimate of drug-likeness (QED) is 0.726. The molecule has 0 atom stereocenters. The number of carboxylic acid groups (broad SMARTS) is 1. The molecule has 2 aromatic rings. The molecule has 0 bridgehead atoms. The monoisotopic (exact) mass is 194 g/mol. The number of carbonyl (C=O) groups is 1. The third-order valence-electron chi connectivity index (χ3n) is 1.96. The molecule has 0 spiro atoms. The van der Waals surface area contributed by atoms with E-state index in [-0.39, 0.29) is 11.6 Å². The molecule has 0 saturated heterocycles. The first-order chi connectivity index (χ1) is 6.58. The number of benzene rings is 1. The summed E-state index contributed by atoms with van der Waals surface area (Å²) in [6, 6.07) is 2.75. The van der Waals surface area contributed by atoms with Crippen LogP contribution in [-0.4, -0.2) is 21.0 Å². The van der Waals surface area contributed by atoms with Gasteiger partial charge in [-0.3, -0.25) is 0 Å². The Morgan fingerprint density at radius 1 is 1.57 bits per heavy atom. The zero-order chi connectivity index (χ0) is 10.3. The fourth-order valence-electron chi connectivity index (χ4n) is 1.24. The molecule has 4 nitrogen and oxygen atoms in total. The van der Waals surface area contributed by atoms with Gasteiger partial charge in [-0.2, -0.15) is 0 Å². The van der Waals surface area contributed by atoms with Gasteiger partial charge in [-0.05, 0) is 18.6 Å². The van der Waals surface area contributed by atoms with Crippen molar-refractivity contribution in [2.45, 2.75) is 6.92 Å². The molecule has 72 valence electrons. The Morgan fingerprint density at radius 3 is 2.93 bits per heavy atom. The van der Waals surface area contributed by atoms with Crippen molar-refractivity contribution >= 4 is 17.0 Å². The van der Waals surface area contributed by atoms with Crippen LogP contribution < -0.4 is 0 Å². The zero-order valence-corrected chi connectivity index (χ0v) is 7.34. The van der Waals surface area contributed by atoms with Crippen LogP contribution in [0.25, 0.3) is 11.0 Å². The minimum Gasteiger partial charge on any atom is -0.475 e. The molecule has 2 rings (SSSR count). The average Bonchev–Trinajstić information content (AvgIpc) is 2.48. The molecule has 1 heterocycles. The van der Waals surface area contributed by atoms with E-state index >= 15 is 0 Å². The SMILES string of the molecule is Cc1cc2[nH]c(C(=O)O)nc2cc1F. The van der Waals surface area contributed by atoms with Crippen molar-refractivity contribution < 1.29 is 14.3 Å². The molecular weight excluding hydrogens is 187 g/mol. The average molecular weight is 194 g/mol. The summed E-state index contributed by atoms with van der Waals surface area (Å²) in [7, 11) is 0. The van der Waals surface area contributed by atoms with E-state index in [9.17, 15) is 9.18 Å². The van der Waals surface area contributed by atoms with Gasteiger partial charge in [-0.1, -0.05) is 0 Å². The van der Waals surface area contributed by atoms with Crippen molar-refractivity contribution in [2.24, 2.45) is 0 Å². The summed E-state index contributed by atoms with van der Waals surface area (Å²) in [5.74, 6) is -1.72. The van der Waals surface area contributed by atoms with Gasteiger partial charge in [0, 0.05) is 6.07 Å². The lowest BCUT2D eigenvalue weighted by molar-refractivity contribution is 0.0685. The third-order valence-corrected chi connectivity index (χ3v) is 1.96. The van der Waals surface area contributed by atoms with Crippen molar-refractivity contribution in [3.8, 4) is 0 Å². The lowest BCUT2D eigenvalue weighted by Gasteiger charge is -1.93. The molecule has 0 aliphatic carbocycles. The largest absolute Gasteiger partial charge is 0.475 e. The smallest absolute Gasteiger partial charge is 0.371 e. The first kappa shape index (κ1) is 8.68. The maximum atomic E-state index is 13.1. The summed E-state index contributed by atoms with van der Waals surface area (Å²) >= 11 is 0. The summed E-state index contributed by atoms with van der Waals surface area (Å²) in [5.41, 5.74) is 1.31. The summed E-state index contributed by atoms with van der Waals surface area (Å²) in [6.45, 7) is 1.61. The summed E-state index contributed by atoms with van der Waals surface area (Å²) < 4.78 is 13.1. The number of nitrogens with zero attached hydrogens (tertiary/aromatic N) is 1. The molecule has 0 unspecified atom stereocenters. The van der Waals surface area contributed by atoms with E-state index in [1.54, 1.807) is 6.92 Å². The van der Waals surface area contributed by atoms with Crippen LogP contribution in [0.1, 0.15) is 16.2 Å². The van der Waals surface area contributed by atoms with E-state index in [1.165, 1.54) is 12.1 Å². The molecule has 2 N–H and O–H groups in total. The van der Waals surface area contributed by atoms with Crippen LogP contribution in [0.4, 0.5) is 4.39 Å². The van der Waals surface area contributed by atoms with Gasteiger partial charge in [-0.25, -0.2) is 14.2 Å². The topological polar surface area (TPSA) is 66.0 Å². The van der Waals surface area contributed by atoms with Crippen LogP contribution in [0.2, 0.25) is 0 Å². The van der Waals surface area contributed by atoms with E-state index < -0.39 is 5.97 Å². The third kappa shape index (κ3) is 1.22. The van der Waals surface area contributed by atoms with Gasteiger partial charge in [0.15, 0.2) is 0 Å². The number of H-pyrrole nitrogens is 1. The van der Waals surface area contributed by atoms with Gasteiger partial charge in [0.1, 0.15) is 5.82 Å². The highest BCUT2D eigenvalue weighted by atomic mass is 19.1. The Bertz CT molecular complexity index is 480. The number of rotatable bonds is 1. The Labute approximate surface area is 78.4 Å². The summed E-state index contributed by atoms with van der Waals surface area (Å²) in [6.07, 6.45) is 0. The zero-order valence-electron chi connectivity index (χ0n) is 7.34. The normalized spacial score (nSPS) is 10.7. The standard InChI is InChI=1S/C9H7FN2O2/c1-4-2-6-7(3-5(4)10)12-8(11-6)9(13)14/h2-3H,1H3,(H,11,12)(H,13,14). The molecule has 0 radical (unpaired) electrons. The van der Waals surface area contributed by atoms with Gasteiger partial charge in [-0.15, -0.1) is 0 Å². The number of imidazole rings is 1. The minimum atomic E-state index is -1.15. The summed E-state index contributed by atoms with van der Waals surface area (Å²) in [5, 5.41) is 8.64. The Kier molecular flexibility index (Phi) is 1.73. The second-order valence-corrected chi connectivity index (χ2v) is 3.01. The fraction of sp³-hybridized carbons (Fsp3) is 0.111. The first-order valence-corrected chi connectivity index (χ1v) is 3.97. The Morgan fingerprint density at radius 2 is 2.29 bits per heavy atom. The van der Waals surface area contributed by atoms with E-state index in [2.05, 4.69) is 9.97 Å². The van der Waals surface area contributed by atoms with Gasteiger partial charge >= 0.3 is 5.97 Å². The fourth-order valence-corrected chi connectivity index (χ4v) is 1.24. The number of aryl methyl sites for hydroxylation is 1. The van der Waals surface area contributed by atoms with Crippen molar-refractivity contribution in [3.05, 3.63) is 29.3 Å². The number of fused-ring (bicyclic) bond motifs is 1. The van der Waals surface area contributed by atoms with E-state index in [4.69, 9.17) is 5.11 Å². The number of aromatic amines is 1. The van der Waals surface area contributed by atoms with Crippen LogP contribution in [0.15, 0.2) is 12.1 Å². The van der Waals surface area contributed by atoms with Crippen LogP contribution in [0.3, 0.4) is 0 Å². The number of aromatic carboxylic acids is 1. The van der Waals surface area contributed by atoms with E-state index in [0.29, 0.717) is 16.6 Å². The molecule has 0 saturated carbocycles. The molecule has 5 heteroatoms. The number of hydrogen-bond donors (Lipinski definition) is 2. The molecule has 1 aromatic carbocycles. The molecule has 0 amide bonds. The van der Waals surface area contributed by atoms with Crippen molar-refractivity contribution in [1.82, 2.24) is 9.97 Å². The lowest BCUT2D eigenvalue weighted by Crippen LogP contribution is -1.97. The number of aromatic nitrogens is 2. The van der Waals surface area contributed by atoms with Crippen molar-refractivity contribution in [1.29, 1.82) is 0 Å². The molecular formula is C9H7FN2O2. The number of carboxylic acids is 1. The maximum absolute atomic E-state index is 13.1. The predicted molar refractivity (Wildman–Crippen MR) is 47.7 cm³/mol. The van der Waals surface area contributed by atoms with E-state index in [1.807, 2.05) is 0 Å². The van der Waals surface area contributed by atoms with Crippen LogP contribution in [0, 0.1) is 12.7 Å². The van der Waals surface area contributed by atoms with Crippen molar-refractivity contribution in [2.75, 3.05) is 0 Å². The van der Waals surface area contributed by atoms with E-state index in [0.717, 1.165) is 0 Å². The van der Waals surface area contributed by atoms with Crippen molar-refractivity contribution in [3.63, 3.8) is 0 Å². The second-order valence-electron chi connectivity index (χ2n) is 3.01. The highest BCUT2D eigenvalue weighted by molar-refractivity contribution is 5.89.